The van der Waals surface area contributed by atoms with Crippen LogP contribution < -0.4 is 5.32 Å². The standard InChI is InChI=1S/C21H27F3N4O/c1-14(2)28-19(21(22,23)24)18(12-25-28)20(29)26-17-6-4-16(5-7-17)13-27-10-8-15(3)9-11-27/h4-7,12,14-15H,8-11,13H2,1-3H3,(H,26,29). The molecule has 1 aliphatic rings. The number of hydrogen-bond donors (Lipinski definition) is 1. The molecule has 29 heavy (non-hydrogen) atoms. The van der Waals surface area contributed by atoms with Crippen LogP contribution in [-0.2, 0) is 12.7 Å². The summed E-state index contributed by atoms with van der Waals surface area (Å²) in [6.07, 6.45) is -1.30. The Balaban J connectivity index is 1.68. The zero-order valence-electron chi connectivity index (χ0n) is 17.0. The Bertz CT molecular complexity index is 835. The van der Waals surface area contributed by atoms with Crippen molar-refractivity contribution in [2.24, 2.45) is 5.92 Å². The maximum absolute atomic E-state index is 13.5. The van der Waals surface area contributed by atoms with E-state index in [9.17, 15) is 18.0 Å². The number of nitrogens with zero attached hydrogens (tertiary/aromatic N) is 3. The summed E-state index contributed by atoms with van der Waals surface area (Å²) >= 11 is 0. The predicted octanol–water partition coefficient (Wildman–Crippen LogP) is 4.97. The molecule has 1 aliphatic heterocycles. The van der Waals surface area contributed by atoms with E-state index in [1.807, 2.05) is 12.1 Å². The van der Waals surface area contributed by atoms with Crippen LogP contribution in [-0.4, -0.2) is 33.7 Å². The first-order valence-corrected chi connectivity index (χ1v) is 9.92. The first kappa shape index (κ1) is 21.4. The van der Waals surface area contributed by atoms with Crippen molar-refractivity contribution in [2.75, 3.05) is 18.4 Å². The molecule has 0 aliphatic carbocycles. The van der Waals surface area contributed by atoms with Crippen molar-refractivity contribution in [3.8, 4) is 0 Å². The third-order valence-electron chi connectivity index (χ3n) is 5.29. The van der Waals surface area contributed by atoms with E-state index in [0.717, 1.165) is 42.0 Å². The summed E-state index contributed by atoms with van der Waals surface area (Å²) in [5.74, 6) is -0.0486. The van der Waals surface area contributed by atoms with Crippen LogP contribution in [0.4, 0.5) is 18.9 Å². The van der Waals surface area contributed by atoms with Gasteiger partial charge in [0.15, 0.2) is 5.69 Å². The Morgan fingerprint density at radius 2 is 1.83 bits per heavy atom. The number of benzene rings is 1. The van der Waals surface area contributed by atoms with E-state index >= 15 is 0 Å². The van der Waals surface area contributed by atoms with Crippen molar-refractivity contribution in [1.29, 1.82) is 0 Å². The average Bonchev–Trinajstić information content (AvgIpc) is 3.11. The Labute approximate surface area is 168 Å². The molecule has 1 amide bonds. The molecule has 1 fully saturated rings. The molecule has 158 valence electrons. The molecular formula is C21H27F3N4O. The number of alkyl halides is 3. The van der Waals surface area contributed by atoms with E-state index in [1.54, 1.807) is 26.0 Å². The quantitative estimate of drug-likeness (QED) is 0.760. The molecule has 8 heteroatoms. The lowest BCUT2D eigenvalue weighted by atomic mass is 9.99. The number of carbonyl (C=O) groups excluding carboxylic acids is 1. The van der Waals surface area contributed by atoms with E-state index in [-0.39, 0.29) is 0 Å². The molecule has 0 bridgehead atoms. The molecule has 0 spiro atoms. The zero-order valence-corrected chi connectivity index (χ0v) is 17.0. The molecule has 1 aromatic heterocycles. The summed E-state index contributed by atoms with van der Waals surface area (Å²) in [6.45, 7) is 8.42. The number of piperidine rings is 1. The Kier molecular flexibility index (Phi) is 6.31. The lowest BCUT2D eigenvalue weighted by Gasteiger charge is -2.30. The minimum Gasteiger partial charge on any atom is -0.322 e. The monoisotopic (exact) mass is 408 g/mol. The third kappa shape index (κ3) is 5.18. The summed E-state index contributed by atoms with van der Waals surface area (Å²) in [7, 11) is 0. The Hall–Kier alpha value is -2.35. The number of likely N-dealkylation sites (tertiary alicyclic amines) is 1. The molecule has 2 aromatic rings. The topological polar surface area (TPSA) is 50.2 Å². The highest BCUT2D eigenvalue weighted by molar-refractivity contribution is 6.05. The zero-order chi connectivity index (χ0) is 21.2. The molecule has 0 radical (unpaired) electrons. The van der Waals surface area contributed by atoms with Gasteiger partial charge in [0.1, 0.15) is 0 Å². The summed E-state index contributed by atoms with van der Waals surface area (Å²) in [5.41, 5.74) is 0.0660. The highest BCUT2D eigenvalue weighted by Gasteiger charge is 2.40. The molecule has 3 rings (SSSR count). The summed E-state index contributed by atoms with van der Waals surface area (Å²) in [4.78, 5) is 14.9. The largest absolute Gasteiger partial charge is 0.433 e. The van der Waals surface area contributed by atoms with Gasteiger partial charge >= 0.3 is 6.18 Å². The minimum atomic E-state index is -4.66. The molecule has 5 nitrogen and oxygen atoms in total. The van der Waals surface area contributed by atoms with E-state index in [1.165, 1.54) is 12.8 Å². The van der Waals surface area contributed by atoms with E-state index in [2.05, 4.69) is 22.2 Å². The second-order valence-corrected chi connectivity index (χ2v) is 8.05. The number of rotatable bonds is 5. The summed E-state index contributed by atoms with van der Waals surface area (Å²) in [6, 6.07) is 6.73. The van der Waals surface area contributed by atoms with Crippen LogP contribution >= 0.6 is 0 Å². The SMILES string of the molecule is CC1CCN(Cc2ccc(NC(=O)c3cnn(C(C)C)c3C(F)(F)F)cc2)CC1. The number of amides is 1. The minimum absolute atomic E-state index is 0.455. The van der Waals surface area contributed by atoms with Crippen LogP contribution in [0.5, 0.6) is 0 Å². The molecule has 0 saturated carbocycles. The van der Waals surface area contributed by atoms with Crippen LogP contribution in [0.25, 0.3) is 0 Å². The maximum Gasteiger partial charge on any atom is 0.433 e. The number of hydrogen-bond acceptors (Lipinski definition) is 3. The number of aromatic nitrogens is 2. The van der Waals surface area contributed by atoms with Crippen molar-refractivity contribution in [1.82, 2.24) is 14.7 Å². The van der Waals surface area contributed by atoms with Gasteiger partial charge in [0, 0.05) is 18.3 Å². The second-order valence-electron chi connectivity index (χ2n) is 8.05. The molecule has 0 unspecified atom stereocenters. The number of nitrogens with one attached hydrogen (secondary N) is 1. The van der Waals surface area contributed by atoms with Crippen molar-refractivity contribution in [3.05, 3.63) is 47.3 Å². The number of anilines is 1. The van der Waals surface area contributed by atoms with Gasteiger partial charge in [-0.15, -0.1) is 0 Å². The van der Waals surface area contributed by atoms with E-state index < -0.39 is 29.4 Å². The first-order valence-electron chi connectivity index (χ1n) is 9.92. The molecule has 1 aromatic carbocycles. The van der Waals surface area contributed by atoms with Gasteiger partial charge in [-0.2, -0.15) is 18.3 Å². The Morgan fingerprint density at radius 1 is 1.21 bits per heavy atom. The molecule has 2 heterocycles. The van der Waals surface area contributed by atoms with Gasteiger partial charge in [0.2, 0.25) is 0 Å². The number of halogens is 3. The van der Waals surface area contributed by atoms with Crippen molar-refractivity contribution in [3.63, 3.8) is 0 Å². The van der Waals surface area contributed by atoms with Gasteiger partial charge in [-0.25, -0.2) is 0 Å². The lowest BCUT2D eigenvalue weighted by molar-refractivity contribution is -0.145. The van der Waals surface area contributed by atoms with Crippen molar-refractivity contribution in [2.45, 2.75) is 52.4 Å². The fourth-order valence-corrected chi connectivity index (χ4v) is 3.57. The van der Waals surface area contributed by atoms with Crippen LogP contribution in [0.3, 0.4) is 0 Å². The van der Waals surface area contributed by atoms with Gasteiger partial charge in [-0.3, -0.25) is 14.4 Å². The normalized spacial score (nSPS) is 16.4. The van der Waals surface area contributed by atoms with Gasteiger partial charge in [-0.1, -0.05) is 19.1 Å². The van der Waals surface area contributed by atoms with Gasteiger partial charge in [0.05, 0.1) is 11.8 Å². The average molecular weight is 408 g/mol. The summed E-state index contributed by atoms with van der Waals surface area (Å²) < 4.78 is 41.2. The first-order chi connectivity index (χ1) is 13.6. The van der Waals surface area contributed by atoms with E-state index in [0.29, 0.717) is 5.69 Å². The highest BCUT2D eigenvalue weighted by Crippen LogP contribution is 2.34. The van der Waals surface area contributed by atoms with Crippen molar-refractivity contribution < 1.29 is 18.0 Å². The summed E-state index contributed by atoms with van der Waals surface area (Å²) in [5, 5.41) is 6.31. The van der Waals surface area contributed by atoms with Gasteiger partial charge in [-0.05, 0) is 63.4 Å². The predicted molar refractivity (Wildman–Crippen MR) is 106 cm³/mol. The lowest BCUT2D eigenvalue weighted by Crippen LogP contribution is -2.32. The van der Waals surface area contributed by atoms with Crippen LogP contribution in [0.1, 0.15) is 61.3 Å². The fourth-order valence-electron chi connectivity index (χ4n) is 3.57. The molecule has 0 atom stereocenters. The molecular weight excluding hydrogens is 381 g/mol. The van der Waals surface area contributed by atoms with E-state index in [4.69, 9.17) is 0 Å². The second kappa shape index (κ2) is 8.57. The molecule has 1 N–H and O–H groups in total. The molecule has 1 saturated heterocycles. The van der Waals surface area contributed by atoms with Crippen LogP contribution in [0, 0.1) is 5.92 Å². The van der Waals surface area contributed by atoms with Crippen molar-refractivity contribution >= 4 is 11.6 Å². The van der Waals surface area contributed by atoms with Gasteiger partial charge in [0.25, 0.3) is 5.91 Å². The van der Waals surface area contributed by atoms with Crippen LogP contribution in [0.2, 0.25) is 0 Å². The fraction of sp³-hybridized carbons (Fsp3) is 0.524. The number of carbonyl (C=O) groups is 1. The maximum atomic E-state index is 13.5. The smallest absolute Gasteiger partial charge is 0.322 e. The highest BCUT2D eigenvalue weighted by atomic mass is 19.4. The Morgan fingerprint density at radius 3 is 2.38 bits per heavy atom. The van der Waals surface area contributed by atoms with Crippen LogP contribution in [0.15, 0.2) is 30.5 Å². The van der Waals surface area contributed by atoms with Gasteiger partial charge < -0.3 is 5.32 Å². The third-order valence-corrected chi connectivity index (χ3v) is 5.29.